The summed E-state index contributed by atoms with van der Waals surface area (Å²) in [6.45, 7) is 4.88. The van der Waals surface area contributed by atoms with Crippen LogP contribution in [-0.4, -0.2) is 24.9 Å². The minimum Gasteiger partial charge on any atom is -0.386 e. The Kier molecular flexibility index (Phi) is 4.66. The molecular formula is C13H17BrN4O. The van der Waals surface area contributed by atoms with Crippen molar-refractivity contribution in [1.29, 1.82) is 0 Å². The van der Waals surface area contributed by atoms with Gasteiger partial charge in [0.2, 0.25) is 0 Å². The zero-order valence-corrected chi connectivity index (χ0v) is 12.6. The molecule has 0 amide bonds. The largest absolute Gasteiger partial charge is 0.386 e. The molecule has 19 heavy (non-hydrogen) atoms. The van der Waals surface area contributed by atoms with Gasteiger partial charge in [-0.3, -0.25) is 14.6 Å². The van der Waals surface area contributed by atoms with E-state index in [2.05, 4.69) is 37.9 Å². The molecule has 1 unspecified atom stereocenters. The van der Waals surface area contributed by atoms with E-state index in [1.54, 1.807) is 18.6 Å². The molecule has 5 nitrogen and oxygen atoms in total. The van der Waals surface area contributed by atoms with E-state index in [1.165, 1.54) is 0 Å². The number of halogens is 1. The van der Waals surface area contributed by atoms with Crippen molar-refractivity contribution in [3.8, 4) is 0 Å². The van der Waals surface area contributed by atoms with Crippen LogP contribution >= 0.6 is 15.9 Å². The lowest BCUT2D eigenvalue weighted by Crippen LogP contribution is -2.10. The van der Waals surface area contributed by atoms with Crippen molar-refractivity contribution in [2.75, 3.05) is 0 Å². The van der Waals surface area contributed by atoms with E-state index in [4.69, 9.17) is 0 Å². The molecule has 0 aromatic carbocycles. The fraction of sp³-hybridized carbons (Fsp3) is 0.462. The quantitative estimate of drug-likeness (QED) is 0.916. The maximum atomic E-state index is 10.2. The third-order valence-electron chi connectivity index (χ3n) is 3.01. The Morgan fingerprint density at radius 1 is 1.37 bits per heavy atom. The van der Waals surface area contributed by atoms with Crippen molar-refractivity contribution in [3.63, 3.8) is 0 Å². The minimum absolute atomic E-state index is 0.472. The molecule has 1 N–H and O–H groups in total. The topological polar surface area (TPSA) is 63.8 Å². The highest BCUT2D eigenvalue weighted by atomic mass is 79.9. The molecule has 102 valence electrons. The molecule has 2 rings (SSSR count). The average molecular weight is 325 g/mol. The number of aliphatic hydroxyl groups excluding tert-OH is 1. The van der Waals surface area contributed by atoms with E-state index in [-0.39, 0.29) is 0 Å². The molecule has 1 atom stereocenters. The normalized spacial score (nSPS) is 12.6. The van der Waals surface area contributed by atoms with Crippen LogP contribution in [0, 0.1) is 0 Å². The van der Waals surface area contributed by atoms with E-state index in [1.807, 2.05) is 11.6 Å². The van der Waals surface area contributed by atoms with E-state index in [0.717, 1.165) is 28.8 Å². The monoisotopic (exact) mass is 324 g/mol. The first-order valence-electron chi connectivity index (χ1n) is 6.35. The maximum Gasteiger partial charge on any atom is 0.103 e. The third kappa shape index (κ3) is 3.01. The number of aromatic nitrogens is 4. The molecule has 2 heterocycles. The zero-order chi connectivity index (χ0) is 13.8. The van der Waals surface area contributed by atoms with Gasteiger partial charge in [-0.25, -0.2) is 0 Å². The second-order valence-corrected chi connectivity index (χ2v) is 5.02. The van der Waals surface area contributed by atoms with Gasteiger partial charge in [0.05, 0.1) is 27.8 Å². The van der Waals surface area contributed by atoms with Gasteiger partial charge in [0.1, 0.15) is 6.10 Å². The van der Waals surface area contributed by atoms with Gasteiger partial charge in [0.25, 0.3) is 0 Å². The lowest BCUT2D eigenvalue weighted by molar-refractivity contribution is 0.170. The van der Waals surface area contributed by atoms with E-state index in [9.17, 15) is 5.11 Å². The first-order valence-corrected chi connectivity index (χ1v) is 7.14. The maximum absolute atomic E-state index is 10.2. The van der Waals surface area contributed by atoms with Crippen LogP contribution in [0.5, 0.6) is 0 Å². The van der Waals surface area contributed by atoms with Gasteiger partial charge in [0.15, 0.2) is 0 Å². The van der Waals surface area contributed by atoms with Crippen molar-refractivity contribution in [2.24, 2.45) is 0 Å². The number of hydrogen-bond donors (Lipinski definition) is 1. The molecule has 0 saturated heterocycles. The summed E-state index contributed by atoms with van der Waals surface area (Å²) in [5, 5.41) is 14.8. The molecule has 2 aromatic rings. The average Bonchev–Trinajstić information content (AvgIpc) is 2.76. The Balaban J connectivity index is 2.26. The fourth-order valence-electron chi connectivity index (χ4n) is 1.98. The SMILES string of the molecule is CCc1nn(CC)c(CC(O)c2cnccn2)c1Br. The molecule has 0 fully saturated rings. The Morgan fingerprint density at radius 2 is 2.16 bits per heavy atom. The van der Waals surface area contributed by atoms with Crippen LogP contribution in [0.2, 0.25) is 0 Å². The summed E-state index contributed by atoms with van der Waals surface area (Å²) in [6.07, 6.45) is 5.44. The van der Waals surface area contributed by atoms with Crippen molar-refractivity contribution in [2.45, 2.75) is 39.3 Å². The molecule has 0 aliphatic carbocycles. The number of aliphatic hydroxyl groups is 1. The summed E-state index contributed by atoms with van der Waals surface area (Å²) in [6, 6.07) is 0. The Labute approximate surface area is 120 Å². The molecule has 0 saturated carbocycles. The Hall–Kier alpha value is -1.27. The van der Waals surface area contributed by atoms with E-state index in [0.29, 0.717) is 12.1 Å². The lowest BCUT2D eigenvalue weighted by atomic mass is 10.1. The highest BCUT2D eigenvalue weighted by molar-refractivity contribution is 9.10. The fourth-order valence-corrected chi connectivity index (χ4v) is 2.71. The molecule has 0 aliphatic heterocycles. The second-order valence-electron chi connectivity index (χ2n) is 4.23. The lowest BCUT2D eigenvalue weighted by Gasteiger charge is -2.11. The predicted octanol–water partition coefficient (Wildman–Crippen LogP) is 2.29. The Morgan fingerprint density at radius 3 is 2.74 bits per heavy atom. The van der Waals surface area contributed by atoms with Crippen molar-refractivity contribution in [3.05, 3.63) is 40.1 Å². The van der Waals surface area contributed by atoms with Gasteiger partial charge in [-0.2, -0.15) is 5.10 Å². The van der Waals surface area contributed by atoms with Crippen molar-refractivity contribution < 1.29 is 5.11 Å². The van der Waals surface area contributed by atoms with Crippen molar-refractivity contribution >= 4 is 15.9 Å². The van der Waals surface area contributed by atoms with Crippen LogP contribution < -0.4 is 0 Å². The van der Waals surface area contributed by atoms with Crippen molar-refractivity contribution in [1.82, 2.24) is 19.7 Å². The predicted molar refractivity (Wildman–Crippen MR) is 75.7 cm³/mol. The van der Waals surface area contributed by atoms with Gasteiger partial charge >= 0.3 is 0 Å². The molecule has 0 spiro atoms. The van der Waals surface area contributed by atoms with Gasteiger partial charge in [0, 0.05) is 25.4 Å². The van der Waals surface area contributed by atoms with Crippen LogP contribution in [0.15, 0.2) is 23.1 Å². The smallest absolute Gasteiger partial charge is 0.103 e. The first kappa shape index (κ1) is 14.1. The summed E-state index contributed by atoms with van der Waals surface area (Å²) in [4.78, 5) is 8.11. The van der Waals surface area contributed by atoms with Crippen LogP contribution in [0.1, 0.15) is 37.0 Å². The molecule has 0 radical (unpaired) electrons. The van der Waals surface area contributed by atoms with E-state index >= 15 is 0 Å². The minimum atomic E-state index is -0.670. The molecule has 0 aliphatic rings. The van der Waals surface area contributed by atoms with Crippen LogP contribution in [0.4, 0.5) is 0 Å². The molecule has 0 bridgehead atoms. The van der Waals surface area contributed by atoms with Crippen LogP contribution in [0.25, 0.3) is 0 Å². The summed E-state index contributed by atoms with van der Waals surface area (Å²) in [5.41, 5.74) is 2.59. The standard InChI is InChI=1S/C13H17BrN4O/c1-3-9-13(14)11(18(4-2)17-9)7-12(19)10-8-15-5-6-16-10/h5-6,8,12,19H,3-4,7H2,1-2H3. The van der Waals surface area contributed by atoms with Crippen LogP contribution in [-0.2, 0) is 19.4 Å². The summed E-state index contributed by atoms with van der Waals surface area (Å²) in [7, 11) is 0. The highest BCUT2D eigenvalue weighted by Crippen LogP contribution is 2.26. The molecule has 6 heteroatoms. The van der Waals surface area contributed by atoms with Gasteiger partial charge in [-0.1, -0.05) is 6.92 Å². The van der Waals surface area contributed by atoms with Gasteiger partial charge < -0.3 is 5.11 Å². The molecular weight excluding hydrogens is 308 g/mol. The number of rotatable bonds is 5. The number of hydrogen-bond acceptors (Lipinski definition) is 4. The number of aryl methyl sites for hydroxylation is 2. The van der Waals surface area contributed by atoms with Gasteiger partial charge in [-0.05, 0) is 29.3 Å². The first-order chi connectivity index (χ1) is 9.17. The number of nitrogens with zero attached hydrogens (tertiary/aromatic N) is 4. The van der Waals surface area contributed by atoms with E-state index < -0.39 is 6.10 Å². The third-order valence-corrected chi connectivity index (χ3v) is 3.92. The van der Waals surface area contributed by atoms with Gasteiger partial charge in [-0.15, -0.1) is 0 Å². The zero-order valence-electron chi connectivity index (χ0n) is 11.0. The van der Waals surface area contributed by atoms with Crippen LogP contribution in [0.3, 0.4) is 0 Å². The summed E-state index contributed by atoms with van der Waals surface area (Å²) < 4.78 is 2.91. The second kappa shape index (κ2) is 6.25. The molecule has 2 aromatic heterocycles. The summed E-state index contributed by atoms with van der Waals surface area (Å²) in [5.74, 6) is 0. The Bertz CT molecular complexity index is 541. The summed E-state index contributed by atoms with van der Waals surface area (Å²) >= 11 is 3.57. The highest BCUT2D eigenvalue weighted by Gasteiger charge is 2.19.